The lowest BCUT2D eigenvalue weighted by atomic mass is 10.4. The van der Waals surface area contributed by atoms with Gasteiger partial charge in [0.05, 0.1) is 6.10 Å². The van der Waals surface area contributed by atoms with Crippen LogP contribution in [0.3, 0.4) is 0 Å². The highest BCUT2D eigenvalue weighted by atomic mass is 16.5. The summed E-state index contributed by atoms with van der Waals surface area (Å²) < 4.78 is 5.26. The van der Waals surface area contributed by atoms with E-state index >= 15 is 0 Å². The van der Waals surface area contributed by atoms with Gasteiger partial charge in [0.2, 0.25) is 5.91 Å². The number of carbonyl (C=O) groups excluding carboxylic acids is 1. The molecule has 0 aromatic rings. The molecule has 1 rings (SSSR count). The van der Waals surface area contributed by atoms with Gasteiger partial charge in [-0.2, -0.15) is 0 Å². The predicted molar refractivity (Wildman–Crippen MR) is 37.3 cm³/mol. The van der Waals surface area contributed by atoms with Crippen LogP contribution in [-0.4, -0.2) is 18.2 Å². The van der Waals surface area contributed by atoms with E-state index in [9.17, 15) is 4.79 Å². The molecule has 0 saturated heterocycles. The molecule has 10 heavy (non-hydrogen) atoms. The second-order valence-corrected chi connectivity index (χ2v) is 2.47. The third-order valence-corrected chi connectivity index (χ3v) is 1.13. The van der Waals surface area contributed by atoms with Crippen molar-refractivity contribution in [1.29, 1.82) is 0 Å². The van der Waals surface area contributed by atoms with Crippen LogP contribution in [0.25, 0.3) is 0 Å². The third kappa shape index (κ3) is 1.84. The SMILES string of the molecule is CC(C)OC1C=CC(=O)N1. The number of rotatable bonds is 2. The molecule has 1 aliphatic rings. The maximum absolute atomic E-state index is 10.6. The number of amides is 1. The average molecular weight is 141 g/mol. The monoisotopic (exact) mass is 141 g/mol. The first-order valence-corrected chi connectivity index (χ1v) is 3.32. The van der Waals surface area contributed by atoms with E-state index in [0.29, 0.717) is 0 Å². The summed E-state index contributed by atoms with van der Waals surface area (Å²) >= 11 is 0. The Kier molecular flexibility index (Phi) is 2.06. The van der Waals surface area contributed by atoms with E-state index in [1.165, 1.54) is 6.08 Å². The molecule has 1 aliphatic heterocycles. The normalized spacial score (nSPS) is 23.9. The lowest BCUT2D eigenvalue weighted by Crippen LogP contribution is -2.30. The van der Waals surface area contributed by atoms with Gasteiger partial charge < -0.3 is 10.1 Å². The molecule has 0 aliphatic carbocycles. The molecule has 0 radical (unpaired) electrons. The first kappa shape index (κ1) is 7.28. The second-order valence-electron chi connectivity index (χ2n) is 2.47. The Morgan fingerprint density at radius 1 is 1.70 bits per heavy atom. The van der Waals surface area contributed by atoms with Crippen LogP contribution in [0.1, 0.15) is 13.8 Å². The molecule has 0 aromatic heterocycles. The smallest absolute Gasteiger partial charge is 0.246 e. The van der Waals surface area contributed by atoms with Gasteiger partial charge >= 0.3 is 0 Å². The van der Waals surface area contributed by atoms with Crippen molar-refractivity contribution < 1.29 is 9.53 Å². The van der Waals surface area contributed by atoms with Crippen molar-refractivity contribution in [2.45, 2.75) is 26.2 Å². The van der Waals surface area contributed by atoms with E-state index in [-0.39, 0.29) is 18.2 Å². The molecule has 0 aromatic carbocycles. The topological polar surface area (TPSA) is 38.3 Å². The van der Waals surface area contributed by atoms with Crippen LogP contribution in [-0.2, 0) is 9.53 Å². The Morgan fingerprint density at radius 3 is 2.80 bits per heavy atom. The predicted octanol–water partition coefficient (Wildman–Crippen LogP) is 0.423. The molecule has 0 saturated carbocycles. The standard InChI is InChI=1S/C7H11NO2/c1-5(2)10-7-4-3-6(9)8-7/h3-5,7H,1-2H3,(H,8,9). The van der Waals surface area contributed by atoms with Gasteiger partial charge in [-0.1, -0.05) is 0 Å². The van der Waals surface area contributed by atoms with Crippen molar-refractivity contribution in [2.75, 3.05) is 0 Å². The van der Waals surface area contributed by atoms with Crippen LogP contribution < -0.4 is 5.32 Å². The summed E-state index contributed by atoms with van der Waals surface area (Å²) in [6, 6.07) is 0. The molecule has 3 heteroatoms. The van der Waals surface area contributed by atoms with Gasteiger partial charge in [-0.05, 0) is 19.9 Å². The fraction of sp³-hybridized carbons (Fsp3) is 0.571. The Balaban J connectivity index is 2.33. The van der Waals surface area contributed by atoms with E-state index in [0.717, 1.165) is 0 Å². The zero-order chi connectivity index (χ0) is 7.56. The molecule has 1 unspecified atom stereocenters. The van der Waals surface area contributed by atoms with Crippen molar-refractivity contribution in [3.63, 3.8) is 0 Å². The Bertz CT molecular complexity index is 163. The Hall–Kier alpha value is -0.830. The quantitative estimate of drug-likeness (QED) is 0.605. The average Bonchev–Trinajstić information content (AvgIpc) is 2.13. The van der Waals surface area contributed by atoms with Crippen LogP contribution in [0.15, 0.2) is 12.2 Å². The van der Waals surface area contributed by atoms with Crippen molar-refractivity contribution in [3.05, 3.63) is 12.2 Å². The zero-order valence-corrected chi connectivity index (χ0v) is 6.13. The maximum atomic E-state index is 10.6. The van der Waals surface area contributed by atoms with Gasteiger partial charge in [-0.25, -0.2) is 0 Å². The summed E-state index contributed by atoms with van der Waals surface area (Å²) in [4.78, 5) is 10.6. The third-order valence-electron chi connectivity index (χ3n) is 1.13. The fourth-order valence-electron chi connectivity index (χ4n) is 0.784. The molecule has 0 bridgehead atoms. The van der Waals surface area contributed by atoms with Gasteiger partial charge in [0, 0.05) is 6.08 Å². The van der Waals surface area contributed by atoms with Crippen molar-refractivity contribution in [2.24, 2.45) is 0 Å². The van der Waals surface area contributed by atoms with Crippen LogP contribution in [0.4, 0.5) is 0 Å². The molecule has 1 N–H and O–H groups in total. The van der Waals surface area contributed by atoms with E-state index in [1.54, 1.807) is 6.08 Å². The van der Waals surface area contributed by atoms with Gasteiger partial charge in [0.15, 0.2) is 0 Å². The first-order valence-electron chi connectivity index (χ1n) is 3.32. The molecular formula is C7H11NO2. The minimum absolute atomic E-state index is 0.0781. The number of hydrogen-bond acceptors (Lipinski definition) is 2. The summed E-state index contributed by atoms with van der Waals surface area (Å²) in [6.07, 6.45) is 3.12. The molecular weight excluding hydrogens is 130 g/mol. The van der Waals surface area contributed by atoms with Crippen molar-refractivity contribution >= 4 is 5.91 Å². The van der Waals surface area contributed by atoms with Crippen LogP contribution in [0.5, 0.6) is 0 Å². The van der Waals surface area contributed by atoms with Gasteiger partial charge in [0.25, 0.3) is 0 Å². The Labute approximate surface area is 60.1 Å². The van der Waals surface area contributed by atoms with E-state index in [4.69, 9.17) is 4.74 Å². The Morgan fingerprint density at radius 2 is 2.40 bits per heavy atom. The molecule has 0 fully saturated rings. The second kappa shape index (κ2) is 2.84. The highest BCUT2D eigenvalue weighted by molar-refractivity contribution is 5.90. The van der Waals surface area contributed by atoms with E-state index in [1.807, 2.05) is 13.8 Å². The molecule has 1 amide bonds. The molecule has 3 nitrogen and oxygen atoms in total. The maximum Gasteiger partial charge on any atom is 0.246 e. The van der Waals surface area contributed by atoms with Crippen molar-refractivity contribution in [1.82, 2.24) is 5.32 Å². The van der Waals surface area contributed by atoms with E-state index in [2.05, 4.69) is 5.32 Å². The summed E-state index contributed by atoms with van der Waals surface area (Å²) in [5.41, 5.74) is 0. The fourth-order valence-corrected chi connectivity index (χ4v) is 0.784. The van der Waals surface area contributed by atoms with Crippen LogP contribution in [0.2, 0.25) is 0 Å². The molecule has 1 heterocycles. The number of carbonyl (C=O) groups is 1. The van der Waals surface area contributed by atoms with E-state index < -0.39 is 0 Å². The lowest BCUT2D eigenvalue weighted by molar-refractivity contribution is -0.118. The summed E-state index contributed by atoms with van der Waals surface area (Å²) in [5.74, 6) is -0.0781. The van der Waals surface area contributed by atoms with Crippen molar-refractivity contribution in [3.8, 4) is 0 Å². The minimum atomic E-state index is -0.215. The highest BCUT2D eigenvalue weighted by Crippen LogP contribution is 2.01. The zero-order valence-electron chi connectivity index (χ0n) is 6.13. The number of nitrogens with one attached hydrogen (secondary N) is 1. The lowest BCUT2D eigenvalue weighted by Gasteiger charge is -2.13. The number of ether oxygens (including phenoxy) is 1. The van der Waals surface area contributed by atoms with Gasteiger partial charge in [-0.15, -0.1) is 0 Å². The molecule has 1 atom stereocenters. The van der Waals surface area contributed by atoms with Gasteiger partial charge in [-0.3, -0.25) is 4.79 Å². The number of hydrogen-bond donors (Lipinski definition) is 1. The highest BCUT2D eigenvalue weighted by Gasteiger charge is 2.14. The summed E-state index contributed by atoms with van der Waals surface area (Å²) in [6.45, 7) is 3.86. The van der Waals surface area contributed by atoms with Crippen LogP contribution in [0, 0.1) is 0 Å². The molecule has 56 valence electrons. The summed E-state index contributed by atoms with van der Waals surface area (Å²) in [5, 5.41) is 2.61. The molecule has 0 spiro atoms. The van der Waals surface area contributed by atoms with Crippen LogP contribution >= 0.6 is 0 Å². The summed E-state index contributed by atoms with van der Waals surface area (Å²) in [7, 11) is 0. The minimum Gasteiger partial charge on any atom is -0.352 e. The van der Waals surface area contributed by atoms with Gasteiger partial charge in [0.1, 0.15) is 6.23 Å². The first-order chi connectivity index (χ1) is 4.68. The largest absolute Gasteiger partial charge is 0.352 e.